The van der Waals surface area contributed by atoms with Crippen molar-refractivity contribution in [3.05, 3.63) is 127 Å². The molecule has 3 aliphatic rings. The fourth-order valence-corrected chi connectivity index (χ4v) is 9.65. The van der Waals surface area contributed by atoms with Crippen LogP contribution in [0, 0.1) is 0 Å². The van der Waals surface area contributed by atoms with E-state index in [1.807, 2.05) is 11.3 Å². The first-order valence-corrected chi connectivity index (χ1v) is 15.2. The summed E-state index contributed by atoms with van der Waals surface area (Å²) in [7, 11) is 0. The molecule has 4 aromatic heterocycles. The Morgan fingerprint density at radius 2 is 1.45 bits per heavy atom. The van der Waals surface area contributed by atoms with Crippen LogP contribution in [0.2, 0.25) is 0 Å². The number of hydrogen-bond acceptors (Lipinski definition) is 2. The van der Waals surface area contributed by atoms with Crippen LogP contribution in [0.1, 0.15) is 11.1 Å². The number of thiophene rings is 1. The topological polar surface area (TPSA) is 21.4 Å². The Hall–Kier alpha value is -5.26. The van der Waals surface area contributed by atoms with Crippen LogP contribution in [0.5, 0.6) is 11.5 Å². The molecule has 1 unspecified atom stereocenters. The maximum Gasteiger partial charge on any atom is 0.447 e. The van der Waals surface area contributed by atoms with Gasteiger partial charge in [-0.15, -0.1) is 20.4 Å². The van der Waals surface area contributed by atoms with Gasteiger partial charge in [0.25, 0.3) is 0 Å². The van der Waals surface area contributed by atoms with E-state index in [0.29, 0.717) is 0 Å². The molecule has 0 bridgehead atoms. The number of fused-ring (bicyclic) bond motifs is 11. The van der Waals surface area contributed by atoms with Gasteiger partial charge in [0.2, 0.25) is 11.2 Å². The minimum Gasteiger partial charge on any atom is -0.455 e. The summed E-state index contributed by atoms with van der Waals surface area (Å²) < 4.78 is 17.0. The third-order valence-electron chi connectivity index (χ3n) is 9.95. The Labute approximate surface area is 242 Å². The van der Waals surface area contributed by atoms with Crippen LogP contribution in [-0.2, 0) is 5.66 Å². The zero-order valence-corrected chi connectivity index (χ0v) is 22.9. The second-order valence-corrected chi connectivity index (χ2v) is 12.8. The molecule has 1 atom stereocenters. The van der Waals surface area contributed by atoms with Gasteiger partial charge in [-0.2, -0.15) is 0 Å². The summed E-state index contributed by atoms with van der Waals surface area (Å²) in [6.45, 7) is 0. The third kappa shape index (κ3) is 1.94. The lowest BCUT2D eigenvalue weighted by Crippen LogP contribution is -2.73. The van der Waals surface area contributed by atoms with Crippen molar-refractivity contribution in [1.82, 2.24) is 4.52 Å². The van der Waals surface area contributed by atoms with Crippen molar-refractivity contribution in [2.75, 3.05) is 0 Å². The molecular weight excluding hydrogens is 534 g/mol. The number of pyridine rings is 2. The Balaban J connectivity index is 1.42. The third-order valence-corrected chi connectivity index (χ3v) is 11.1. The quantitative estimate of drug-likeness (QED) is 0.138. The Morgan fingerprint density at radius 3 is 2.43 bits per heavy atom. The number of para-hydroxylation sites is 1. The Morgan fingerprint density at radius 1 is 0.595 bits per heavy atom. The molecule has 12 rings (SSSR count). The Bertz CT molecular complexity index is 2790. The van der Waals surface area contributed by atoms with Gasteiger partial charge in [-0.05, 0) is 64.7 Å². The first-order valence-electron chi connectivity index (χ1n) is 14.4. The summed E-state index contributed by atoms with van der Waals surface area (Å²) in [4.78, 5) is 0. The normalized spacial score (nSPS) is 17.3. The van der Waals surface area contributed by atoms with E-state index < -0.39 is 5.66 Å². The van der Waals surface area contributed by atoms with Crippen LogP contribution in [-0.4, -0.2) is 4.52 Å². The minimum absolute atomic E-state index is 0.592. The predicted molar refractivity (Wildman–Crippen MR) is 167 cm³/mol. The van der Waals surface area contributed by atoms with Crippen LogP contribution in [0.25, 0.3) is 69.5 Å². The van der Waals surface area contributed by atoms with E-state index in [1.165, 1.54) is 80.7 Å². The van der Waals surface area contributed by atoms with Crippen molar-refractivity contribution in [3.8, 4) is 22.8 Å². The molecule has 0 saturated heterocycles. The van der Waals surface area contributed by atoms with E-state index in [9.17, 15) is 0 Å². The molecule has 192 valence electrons. The van der Waals surface area contributed by atoms with Crippen LogP contribution < -0.4 is 14.0 Å². The molecule has 1 spiro atoms. The zero-order valence-electron chi connectivity index (χ0n) is 22.1. The molecule has 9 aromatic rings. The van der Waals surface area contributed by atoms with Gasteiger partial charge in [-0.25, -0.2) is 0 Å². The highest BCUT2D eigenvalue weighted by molar-refractivity contribution is 7.25. The predicted octanol–water partition coefficient (Wildman–Crippen LogP) is 8.04. The van der Waals surface area contributed by atoms with Crippen molar-refractivity contribution in [2.24, 2.45) is 0 Å². The number of aromatic nitrogens is 3. The van der Waals surface area contributed by atoms with Crippen LogP contribution >= 0.6 is 11.3 Å². The number of ether oxygens (including phenoxy) is 1. The average molecular weight is 554 g/mol. The van der Waals surface area contributed by atoms with Crippen molar-refractivity contribution in [1.29, 1.82) is 0 Å². The summed E-state index contributed by atoms with van der Waals surface area (Å²) in [6.07, 6.45) is 2.25. The maximum atomic E-state index is 6.78. The van der Waals surface area contributed by atoms with E-state index in [0.717, 1.165) is 11.5 Å². The largest absolute Gasteiger partial charge is 0.455 e. The van der Waals surface area contributed by atoms with Gasteiger partial charge in [0.1, 0.15) is 22.5 Å². The molecule has 0 amide bonds. The molecule has 0 fully saturated rings. The van der Waals surface area contributed by atoms with E-state index in [1.54, 1.807) is 0 Å². The lowest BCUT2D eigenvalue weighted by Gasteiger charge is -2.24. The van der Waals surface area contributed by atoms with Crippen LogP contribution in [0.4, 0.5) is 0 Å². The van der Waals surface area contributed by atoms with Gasteiger partial charge < -0.3 is 4.74 Å². The highest BCUT2D eigenvalue weighted by Gasteiger charge is 2.72. The second-order valence-electron chi connectivity index (χ2n) is 11.7. The number of rotatable bonds is 0. The van der Waals surface area contributed by atoms with E-state index in [2.05, 4.69) is 129 Å². The van der Waals surface area contributed by atoms with E-state index in [4.69, 9.17) is 4.74 Å². The zero-order chi connectivity index (χ0) is 26.9. The molecule has 0 aliphatic carbocycles. The van der Waals surface area contributed by atoms with Gasteiger partial charge in [-0.3, -0.25) is 0 Å². The summed E-state index contributed by atoms with van der Waals surface area (Å²) in [5, 5.41) is 7.76. The van der Waals surface area contributed by atoms with Gasteiger partial charge in [0.05, 0.1) is 10.9 Å². The molecule has 0 radical (unpaired) electrons. The van der Waals surface area contributed by atoms with Crippen molar-refractivity contribution < 1.29 is 14.0 Å². The summed E-state index contributed by atoms with van der Waals surface area (Å²) in [6, 6.07) is 40.1. The smallest absolute Gasteiger partial charge is 0.447 e. The van der Waals surface area contributed by atoms with E-state index >= 15 is 0 Å². The molecular formula is C37H19N3OS+2. The number of nitrogens with zero attached hydrogens (tertiary/aromatic N) is 3. The summed E-state index contributed by atoms with van der Waals surface area (Å²) >= 11 is 1.89. The molecule has 4 nitrogen and oxygen atoms in total. The monoisotopic (exact) mass is 553 g/mol. The van der Waals surface area contributed by atoms with Crippen molar-refractivity contribution in [3.63, 3.8) is 0 Å². The maximum absolute atomic E-state index is 6.78. The fourth-order valence-electron chi connectivity index (χ4n) is 8.52. The van der Waals surface area contributed by atoms with Gasteiger partial charge >= 0.3 is 5.66 Å². The van der Waals surface area contributed by atoms with Gasteiger partial charge in [0, 0.05) is 49.1 Å². The molecule has 42 heavy (non-hydrogen) atoms. The first-order chi connectivity index (χ1) is 20.8. The number of hydrogen-bond donors (Lipinski definition) is 0. The average Bonchev–Trinajstić information content (AvgIpc) is 3.75. The molecule has 5 aromatic carbocycles. The Kier molecular flexibility index (Phi) is 3.17. The fraction of sp³-hybridized carbons (Fsp3) is 0.0270. The van der Waals surface area contributed by atoms with Gasteiger partial charge in [0.15, 0.2) is 17.3 Å². The molecule has 7 heterocycles. The highest BCUT2D eigenvalue weighted by Crippen LogP contribution is 2.57. The second kappa shape index (κ2) is 6.46. The highest BCUT2D eigenvalue weighted by atomic mass is 32.1. The van der Waals surface area contributed by atoms with E-state index in [-0.39, 0.29) is 0 Å². The molecule has 3 aliphatic heterocycles. The van der Waals surface area contributed by atoms with Crippen molar-refractivity contribution >= 4 is 69.6 Å². The van der Waals surface area contributed by atoms with Crippen LogP contribution in [0.15, 0.2) is 115 Å². The summed E-state index contributed by atoms with van der Waals surface area (Å²) in [5.74, 6) is 1.86. The minimum atomic E-state index is -0.592. The SMILES string of the molecule is c1cc2c3c(c1)-c1cccc[n+]1C31c3c(ccc4c5cc6c(cc5c5c7ccccc7[n+]1n5c34)sc1ccccc16)O2. The summed E-state index contributed by atoms with van der Waals surface area (Å²) in [5.41, 5.74) is 8.00. The first kappa shape index (κ1) is 20.6. The molecule has 0 N–H and O–H groups in total. The van der Waals surface area contributed by atoms with Crippen molar-refractivity contribution in [2.45, 2.75) is 5.66 Å². The van der Waals surface area contributed by atoms with Gasteiger partial charge in [-0.1, -0.05) is 36.4 Å². The lowest BCUT2D eigenvalue weighted by atomic mass is 9.85. The standard InChI is InChI=1S/C37H19N3OS/c1-3-12-28-23(9-1)35-26-19-32-25(20-8-2-4-14-31(20)42-32)18-24(26)21-15-16-30-34-36(21)39(35)40(28)37(34)33-22(10-7-13-29(33)41-30)27-11-5-6-17-38(27)37/h1-19H/q+2. The lowest BCUT2D eigenvalue weighted by molar-refractivity contribution is -0.975. The molecule has 0 saturated carbocycles. The molecule has 5 heteroatoms. The number of benzene rings is 5. The van der Waals surface area contributed by atoms with Crippen LogP contribution in [0.3, 0.4) is 0 Å².